The van der Waals surface area contributed by atoms with Gasteiger partial charge in [-0.3, -0.25) is 20.8 Å². The van der Waals surface area contributed by atoms with E-state index in [1.165, 1.54) is 33.7 Å². The minimum Gasteiger partial charge on any atom is -0.481 e. The predicted molar refractivity (Wildman–Crippen MR) is 233 cm³/mol. The number of carboxylic acids is 1. The van der Waals surface area contributed by atoms with Crippen LogP contribution in [0, 0.1) is 22.2 Å². The third-order valence-corrected chi connectivity index (χ3v) is 4.03. The third kappa shape index (κ3) is 138. The SMILES string of the molecule is C.C.C.C.C.C.C=CC(=O)OC.C=CC(=O)OC.CC(C)(C)CC(C)(C)C.COC(=O)CC(=O)O.COCNCNC(=O)OC.C[C-](C)COCC(C)(C)C.[Y].[Y].[Y]. The smallest absolute Gasteiger partial charge is 0.407 e. The van der Waals surface area contributed by atoms with Gasteiger partial charge in [-0.15, -0.1) is 0 Å². The monoisotopic (exact) mass is 1070 g/mol. The van der Waals surface area contributed by atoms with Crippen LogP contribution in [0.3, 0.4) is 0 Å². The van der Waals surface area contributed by atoms with Gasteiger partial charge in [-0.05, 0) is 22.7 Å². The minimum atomic E-state index is -1.17. The fourth-order valence-corrected chi connectivity index (χ4v) is 2.87. The van der Waals surface area contributed by atoms with E-state index in [4.69, 9.17) is 9.84 Å². The van der Waals surface area contributed by atoms with Crippen molar-refractivity contribution in [1.82, 2.24) is 10.6 Å². The topological polar surface area (TPSA) is 185 Å². The Kier molecular flexibility index (Phi) is 116. The number of esters is 3. The van der Waals surface area contributed by atoms with Crippen LogP contribution in [0.2, 0.25) is 0 Å². The predicted octanol–water partition coefficient (Wildman–Crippen LogP) is 9.76. The van der Waals surface area contributed by atoms with Gasteiger partial charge in [0.2, 0.25) is 0 Å². The molecular weight excluding hydrogens is 979 g/mol. The molecule has 0 heterocycles. The summed E-state index contributed by atoms with van der Waals surface area (Å²) in [6.07, 6.45) is 2.50. The van der Waals surface area contributed by atoms with E-state index < -0.39 is 36.4 Å². The fourth-order valence-electron chi connectivity index (χ4n) is 2.87. The maximum atomic E-state index is 10.4. The van der Waals surface area contributed by atoms with Crippen molar-refractivity contribution >= 4 is 30.0 Å². The molecule has 0 rings (SSSR count). The van der Waals surface area contributed by atoms with Crippen molar-refractivity contribution in [3.63, 3.8) is 0 Å². The van der Waals surface area contributed by atoms with Gasteiger partial charge in [0.05, 0.1) is 41.8 Å². The molecule has 3 N–H and O–H groups in total. The summed E-state index contributed by atoms with van der Waals surface area (Å²) >= 11 is 0. The molecule has 0 aliphatic carbocycles. The first-order valence-electron chi connectivity index (χ1n) is 15.3. The van der Waals surface area contributed by atoms with Gasteiger partial charge in [0.1, 0.15) is 6.42 Å². The Labute approximate surface area is 435 Å². The molecule has 0 aromatic rings. The number of carbonyl (C=O) groups is 5. The quantitative estimate of drug-likeness (QED) is 0.0338. The number of nitrogens with one attached hydrogen (secondary N) is 2. The van der Waals surface area contributed by atoms with Crippen molar-refractivity contribution in [3.05, 3.63) is 31.2 Å². The summed E-state index contributed by atoms with van der Waals surface area (Å²) in [4.78, 5) is 49.7. The molecule has 0 aliphatic rings. The zero-order valence-corrected chi connectivity index (χ0v) is 43.5. The van der Waals surface area contributed by atoms with Crippen LogP contribution in [0.5, 0.6) is 0 Å². The molecule has 0 fully saturated rings. The average molecular weight is 1070 g/mol. The molecule has 0 aromatic carbocycles. The van der Waals surface area contributed by atoms with Crippen LogP contribution in [0.4, 0.5) is 4.79 Å². The van der Waals surface area contributed by atoms with E-state index in [0.717, 1.165) is 32.5 Å². The number of methoxy groups -OCH3 is 5. The second kappa shape index (κ2) is 65.9. The van der Waals surface area contributed by atoms with Gasteiger partial charge >= 0.3 is 30.0 Å². The van der Waals surface area contributed by atoms with E-state index in [2.05, 4.69) is 124 Å². The molecular formula is C41H93N2O12Y3-. The summed E-state index contributed by atoms with van der Waals surface area (Å²) in [5.74, 6) is -1.34. The van der Waals surface area contributed by atoms with Crippen molar-refractivity contribution < 1.29 is 156 Å². The molecule has 0 aromatic heterocycles. The molecule has 14 nitrogen and oxygen atoms in total. The van der Waals surface area contributed by atoms with E-state index in [9.17, 15) is 24.0 Å². The Morgan fingerprint density at radius 3 is 1.16 bits per heavy atom. The van der Waals surface area contributed by atoms with E-state index in [0.29, 0.717) is 29.6 Å². The molecule has 0 saturated heterocycles. The number of ether oxygens (including phenoxy) is 6. The van der Waals surface area contributed by atoms with Crippen LogP contribution < -0.4 is 10.6 Å². The normalized spacial score (nSPS) is 8.43. The molecule has 17 heteroatoms. The summed E-state index contributed by atoms with van der Waals surface area (Å²) in [5, 5.41) is 13.1. The van der Waals surface area contributed by atoms with Crippen LogP contribution in [0.25, 0.3) is 0 Å². The van der Waals surface area contributed by atoms with E-state index in [1.807, 2.05) is 0 Å². The number of rotatable bonds is 11. The van der Waals surface area contributed by atoms with Crippen LogP contribution in [-0.2, 0) is 146 Å². The Bertz CT molecular complexity index is 857. The Morgan fingerprint density at radius 1 is 0.638 bits per heavy atom. The molecule has 58 heavy (non-hydrogen) atoms. The van der Waals surface area contributed by atoms with E-state index in [1.54, 1.807) is 7.11 Å². The van der Waals surface area contributed by atoms with Gasteiger partial charge in [0.25, 0.3) is 0 Å². The number of hydrogen-bond acceptors (Lipinski definition) is 12. The van der Waals surface area contributed by atoms with Crippen LogP contribution >= 0.6 is 0 Å². The van der Waals surface area contributed by atoms with E-state index >= 15 is 0 Å². The molecule has 1 amide bonds. The summed E-state index contributed by atoms with van der Waals surface area (Å²) in [7, 11) is 6.64. The van der Waals surface area contributed by atoms with Crippen molar-refractivity contribution in [3.8, 4) is 0 Å². The number of amides is 1. The molecule has 0 bridgehead atoms. The third-order valence-electron chi connectivity index (χ3n) is 4.03. The van der Waals surface area contributed by atoms with Crippen LogP contribution in [0.15, 0.2) is 25.3 Å². The van der Waals surface area contributed by atoms with Crippen molar-refractivity contribution in [2.45, 2.75) is 134 Å². The number of alkyl carbamates (subject to hydrolysis) is 1. The molecule has 349 valence electrons. The number of hydrogen-bond donors (Lipinski definition) is 3. The Balaban J connectivity index is -0.0000000288. The van der Waals surface area contributed by atoms with Gasteiger partial charge in [0.15, 0.2) is 0 Å². The molecule has 0 spiro atoms. The number of carboxylic acid groups (broad SMARTS) is 1. The van der Waals surface area contributed by atoms with Gasteiger partial charge < -0.3 is 38.8 Å². The summed E-state index contributed by atoms with van der Waals surface area (Å²) < 4.78 is 26.7. The minimum absolute atomic E-state index is 0. The standard InChI is InChI=1S/C9H19O.C9H20.C5H12N2O3.C4H6O4.2C4H6O2.6CH4.3Y/c1-8(2)6-10-7-9(3,4)5;1-8(2,3)7-9(4,5)6;1-9-4-6-3-7-5(8)10-2;1-8-4(7)2-3(5)6;2*1-3-4(5)6-2;;;;;;;;;/h6-7H2,1-5H3;7H2,1-6H3;6H,3-4H2,1-2H3,(H,7,8);2H2,1H3,(H,5,6);2*3H,1H2,2H3;6*1H4;;;/q-1;;;;;;;;;;;;;;. The second-order valence-corrected chi connectivity index (χ2v) is 13.7. The maximum absolute atomic E-state index is 10.4. The van der Waals surface area contributed by atoms with Gasteiger partial charge in [0, 0.05) is 124 Å². The van der Waals surface area contributed by atoms with Gasteiger partial charge in [-0.2, -0.15) is 13.8 Å². The first-order valence-corrected chi connectivity index (χ1v) is 15.3. The molecule has 0 unspecified atom stereocenters. The Hall–Kier alpha value is -0.178. The maximum Gasteiger partial charge on any atom is 0.407 e. The van der Waals surface area contributed by atoms with Crippen LogP contribution in [0.1, 0.15) is 134 Å². The van der Waals surface area contributed by atoms with Gasteiger partial charge in [-0.1, -0.05) is 127 Å². The molecule has 3 radical (unpaired) electrons. The van der Waals surface area contributed by atoms with Crippen LogP contribution in [-0.4, -0.2) is 97.2 Å². The number of aliphatic carboxylic acids is 1. The Morgan fingerprint density at radius 2 is 1.00 bits per heavy atom. The summed E-state index contributed by atoms with van der Waals surface area (Å²) in [6.45, 7) is 33.2. The largest absolute Gasteiger partial charge is 0.481 e. The summed E-state index contributed by atoms with van der Waals surface area (Å²) in [5.41, 5.74) is 1.27. The number of carbonyl (C=O) groups excluding carboxylic acids is 4. The average Bonchev–Trinajstić information content (AvgIpc) is 2.96. The zero-order chi connectivity index (χ0) is 40.3. The van der Waals surface area contributed by atoms with Crippen molar-refractivity contribution in [2.24, 2.45) is 16.2 Å². The first-order chi connectivity index (χ1) is 22.2. The molecule has 0 atom stereocenters. The molecule has 0 aliphatic heterocycles. The van der Waals surface area contributed by atoms with Crippen molar-refractivity contribution in [1.29, 1.82) is 0 Å². The fraction of sp³-hybridized carbons (Fsp3) is 0.756. The molecule has 0 saturated carbocycles. The van der Waals surface area contributed by atoms with E-state index in [-0.39, 0.29) is 143 Å². The van der Waals surface area contributed by atoms with Crippen molar-refractivity contribution in [2.75, 3.05) is 62.2 Å². The second-order valence-electron chi connectivity index (χ2n) is 13.7. The first kappa shape index (κ1) is 102. The summed E-state index contributed by atoms with van der Waals surface area (Å²) in [6, 6.07) is 0. The van der Waals surface area contributed by atoms with Gasteiger partial charge in [-0.25, -0.2) is 14.4 Å². The zero-order valence-electron chi connectivity index (χ0n) is 35.0.